The minimum absolute atomic E-state index is 0.744. The quantitative estimate of drug-likeness (QED) is 0.600. The molecule has 0 saturated heterocycles. The van der Waals surface area contributed by atoms with Gasteiger partial charge in [0.15, 0.2) is 12.2 Å². The van der Waals surface area contributed by atoms with E-state index in [2.05, 4.69) is 9.97 Å². The summed E-state index contributed by atoms with van der Waals surface area (Å²) < 4.78 is 5.22. The third-order valence-electron chi connectivity index (χ3n) is 2.31. The molecule has 2 heterocycles. The molecule has 3 rings (SSSR count). The molecular weight excluding hydrogens is 188 g/mol. The molecule has 0 fully saturated rings. The van der Waals surface area contributed by atoms with E-state index in [4.69, 9.17) is 4.42 Å². The normalized spacial score (nSPS) is 10.7. The second kappa shape index (κ2) is 3.20. The van der Waals surface area contributed by atoms with Gasteiger partial charge in [-0.3, -0.25) is 4.98 Å². The van der Waals surface area contributed by atoms with E-state index in [9.17, 15) is 0 Å². The molecule has 0 atom stereocenters. The van der Waals surface area contributed by atoms with Crippen LogP contribution >= 0.6 is 0 Å². The van der Waals surface area contributed by atoms with Crippen molar-refractivity contribution in [3.8, 4) is 11.3 Å². The number of rotatable bonds is 1. The van der Waals surface area contributed by atoms with E-state index in [1.165, 1.54) is 6.39 Å². The summed E-state index contributed by atoms with van der Waals surface area (Å²) in [7, 11) is 0. The average Bonchev–Trinajstić information content (AvgIpc) is 2.82. The van der Waals surface area contributed by atoms with Crippen molar-refractivity contribution in [2.75, 3.05) is 0 Å². The lowest BCUT2D eigenvalue weighted by Crippen LogP contribution is -1.80. The van der Waals surface area contributed by atoms with E-state index in [1.54, 1.807) is 12.4 Å². The number of pyridine rings is 1. The highest BCUT2D eigenvalue weighted by Gasteiger charge is 2.02. The Hall–Kier alpha value is -2.16. The summed E-state index contributed by atoms with van der Waals surface area (Å²) in [5.41, 5.74) is 1.94. The van der Waals surface area contributed by atoms with Crippen molar-refractivity contribution in [2.45, 2.75) is 0 Å². The van der Waals surface area contributed by atoms with Crippen LogP contribution in [0, 0.1) is 0 Å². The van der Waals surface area contributed by atoms with Crippen molar-refractivity contribution in [3.05, 3.63) is 49.1 Å². The smallest absolute Gasteiger partial charge is 0.181 e. The summed E-state index contributed by atoms with van der Waals surface area (Å²) in [4.78, 5) is 8.23. The molecule has 3 nitrogen and oxygen atoms in total. The predicted octanol–water partition coefficient (Wildman–Crippen LogP) is 2.89. The van der Waals surface area contributed by atoms with E-state index in [0.29, 0.717) is 0 Å². The Labute approximate surface area is 86.4 Å². The maximum atomic E-state index is 5.22. The first-order valence-corrected chi connectivity index (χ1v) is 4.67. The van der Waals surface area contributed by atoms with Crippen LogP contribution in [-0.2, 0) is 0 Å². The monoisotopic (exact) mass is 196 g/mol. The van der Waals surface area contributed by atoms with Gasteiger partial charge in [-0.05, 0) is 12.1 Å². The number of fused-ring (bicyclic) bond motifs is 1. The molecule has 0 aliphatic rings. The summed E-state index contributed by atoms with van der Waals surface area (Å²) >= 11 is 0. The molecule has 1 aromatic carbocycles. The molecule has 2 aromatic heterocycles. The van der Waals surface area contributed by atoms with Crippen molar-refractivity contribution in [1.82, 2.24) is 9.97 Å². The van der Waals surface area contributed by atoms with Gasteiger partial charge in [-0.2, -0.15) is 0 Å². The van der Waals surface area contributed by atoms with E-state index in [1.807, 2.05) is 30.3 Å². The minimum atomic E-state index is 0.744. The first kappa shape index (κ1) is 8.17. The lowest BCUT2D eigenvalue weighted by atomic mass is 10.1. The van der Waals surface area contributed by atoms with Gasteiger partial charge in [0.25, 0.3) is 0 Å². The minimum Gasteiger partial charge on any atom is -0.443 e. The van der Waals surface area contributed by atoms with Crippen LogP contribution in [0.4, 0.5) is 0 Å². The summed E-state index contributed by atoms with van der Waals surface area (Å²) in [5, 5.41) is 1.10. The molecule has 3 aromatic rings. The fourth-order valence-electron chi connectivity index (χ4n) is 1.56. The summed E-state index contributed by atoms with van der Waals surface area (Å²) in [6, 6.07) is 10.0. The van der Waals surface area contributed by atoms with Gasteiger partial charge in [-0.15, -0.1) is 0 Å². The van der Waals surface area contributed by atoms with Crippen molar-refractivity contribution in [1.29, 1.82) is 0 Å². The van der Waals surface area contributed by atoms with Gasteiger partial charge in [-0.1, -0.05) is 18.2 Å². The fraction of sp³-hybridized carbons (Fsp3) is 0. The van der Waals surface area contributed by atoms with Gasteiger partial charge in [0, 0.05) is 17.1 Å². The number of aromatic nitrogens is 2. The van der Waals surface area contributed by atoms with Crippen molar-refractivity contribution >= 4 is 10.9 Å². The van der Waals surface area contributed by atoms with Crippen LogP contribution in [0.1, 0.15) is 0 Å². The zero-order chi connectivity index (χ0) is 10.1. The zero-order valence-electron chi connectivity index (χ0n) is 7.92. The van der Waals surface area contributed by atoms with Crippen LogP contribution in [0.15, 0.2) is 53.5 Å². The Morgan fingerprint density at radius 2 is 2.00 bits per heavy atom. The molecule has 0 spiro atoms. The SMILES string of the molecule is c1ccc2ncc(-c3cnco3)cc2c1. The third kappa shape index (κ3) is 1.38. The van der Waals surface area contributed by atoms with E-state index in [0.717, 1.165) is 22.2 Å². The Morgan fingerprint density at radius 1 is 1.07 bits per heavy atom. The molecule has 0 aliphatic carbocycles. The predicted molar refractivity (Wildman–Crippen MR) is 57.2 cm³/mol. The summed E-state index contributed by atoms with van der Waals surface area (Å²) in [6.45, 7) is 0. The molecule has 0 radical (unpaired) electrons. The zero-order valence-corrected chi connectivity index (χ0v) is 7.92. The molecule has 0 unspecified atom stereocenters. The van der Waals surface area contributed by atoms with Crippen LogP contribution < -0.4 is 0 Å². The molecule has 15 heavy (non-hydrogen) atoms. The van der Waals surface area contributed by atoms with Crippen LogP contribution in [0.2, 0.25) is 0 Å². The van der Waals surface area contributed by atoms with Gasteiger partial charge < -0.3 is 4.42 Å². The number of nitrogens with zero attached hydrogens (tertiary/aromatic N) is 2. The van der Waals surface area contributed by atoms with Crippen LogP contribution in [0.3, 0.4) is 0 Å². The Bertz CT molecular complexity index is 587. The lowest BCUT2D eigenvalue weighted by molar-refractivity contribution is 0.572. The molecular formula is C12H8N2O. The second-order valence-corrected chi connectivity index (χ2v) is 3.28. The maximum absolute atomic E-state index is 5.22. The number of hydrogen-bond acceptors (Lipinski definition) is 3. The molecule has 0 aliphatic heterocycles. The topological polar surface area (TPSA) is 38.9 Å². The first-order chi connectivity index (χ1) is 7.43. The van der Waals surface area contributed by atoms with Gasteiger partial charge >= 0.3 is 0 Å². The maximum Gasteiger partial charge on any atom is 0.181 e. The second-order valence-electron chi connectivity index (χ2n) is 3.28. The Kier molecular flexibility index (Phi) is 1.75. The van der Waals surface area contributed by atoms with Gasteiger partial charge in [0.2, 0.25) is 0 Å². The highest BCUT2D eigenvalue weighted by Crippen LogP contribution is 2.21. The number of para-hydroxylation sites is 1. The Balaban J connectivity index is 2.22. The highest BCUT2D eigenvalue weighted by atomic mass is 16.3. The largest absolute Gasteiger partial charge is 0.443 e. The van der Waals surface area contributed by atoms with Crippen molar-refractivity contribution in [3.63, 3.8) is 0 Å². The van der Waals surface area contributed by atoms with Gasteiger partial charge in [0.1, 0.15) is 0 Å². The van der Waals surface area contributed by atoms with Crippen LogP contribution in [-0.4, -0.2) is 9.97 Å². The fourth-order valence-corrected chi connectivity index (χ4v) is 1.56. The van der Waals surface area contributed by atoms with Gasteiger partial charge in [0.05, 0.1) is 11.7 Å². The molecule has 0 amide bonds. The molecule has 0 bridgehead atoms. The molecule has 72 valence electrons. The van der Waals surface area contributed by atoms with Crippen molar-refractivity contribution in [2.24, 2.45) is 0 Å². The van der Waals surface area contributed by atoms with Gasteiger partial charge in [-0.25, -0.2) is 4.98 Å². The van der Waals surface area contributed by atoms with Crippen molar-refractivity contribution < 1.29 is 4.42 Å². The number of benzene rings is 1. The van der Waals surface area contributed by atoms with Crippen LogP contribution in [0.5, 0.6) is 0 Å². The molecule has 0 saturated carbocycles. The first-order valence-electron chi connectivity index (χ1n) is 4.67. The van der Waals surface area contributed by atoms with E-state index in [-0.39, 0.29) is 0 Å². The summed E-state index contributed by atoms with van der Waals surface area (Å²) in [5.74, 6) is 0.744. The number of oxazole rings is 1. The standard InChI is InChI=1S/C12H8N2O/c1-2-4-11-9(3-1)5-10(6-14-11)12-7-13-8-15-12/h1-8H. The molecule has 0 N–H and O–H groups in total. The number of hydrogen-bond donors (Lipinski definition) is 0. The highest BCUT2D eigenvalue weighted by molar-refractivity contribution is 5.82. The lowest BCUT2D eigenvalue weighted by Gasteiger charge is -1.98. The van der Waals surface area contributed by atoms with Crippen LogP contribution in [0.25, 0.3) is 22.2 Å². The Morgan fingerprint density at radius 3 is 2.87 bits per heavy atom. The van der Waals surface area contributed by atoms with E-state index >= 15 is 0 Å². The molecule has 3 heteroatoms. The average molecular weight is 196 g/mol. The van der Waals surface area contributed by atoms with E-state index < -0.39 is 0 Å². The third-order valence-corrected chi connectivity index (χ3v) is 2.31. The summed E-state index contributed by atoms with van der Waals surface area (Å²) in [6.07, 6.45) is 4.90.